The average molecular weight is 206 g/mol. The minimum Gasteiger partial charge on any atom is -0.478 e. The van der Waals surface area contributed by atoms with Gasteiger partial charge in [-0.15, -0.1) is 0 Å². The third-order valence-corrected chi connectivity index (χ3v) is 2.09. The number of thiocarbonyl (C=S) groups is 1. The lowest BCUT2D eigenvalue weighted by atomic mass is 10.1. The summed E-state index contributed by atoms with van der Waals surface area (Å²) in [5, 5.41) is 8.41. The van der Waals surface area contributed by atoms with Gasteiger partial charge in [0.15, 0.2) is 0 Å². The van der Waals surface area contributed by atoms with Gasteiger partial charge in [0.1, 0.15) is 0 Å². The fraction of sp³-hybridized carbons (Fsp3) is 0.0909. The van der Waals surface area contributed by atoms with Gasteiger partial charge in [0, 0.05) is 10.9 Å². The topological polar surface area (TPSA) is 37.3 Å². The molecular formula is C11H10O2S. The van der Waals surface area contributed by atoms with E-state index in [0.717, 1.165) is 17.2 Å². The summed E-state index contributed by atoms with van der Waals surface area (Å²) in [6, 6.07) is 7.64. The second kappa shape index (κ2) is 4.67. The molecule has 0 atom stereocenters. The largest absolute Gasteiger partial charge is 0.478 e. The van der Waals surface area contributed by atoms with Gasteiger partial charge < -0.3 is 5.11 Å². The number of aryl methyl sites for hydroxylation is 1. The number of hydrogen-bond donors (Lipinski definition) is 1. The van der Waals surface area contributed by atoms with Gasteiger partial charge in [0.2, 0.25) is 0 Å². The van der Waals surface area contributed by atoms with Crippen molar-refractivity contribution in [1.29, 1.82) is 0 Å². The molecule has 0 aliphatic heterocycles. The first-order valence-corrected chi connectivity index (χ1v) is 4.52. The first kappa shape index (κ1) is 10.6. The number of rotatable bonds is 3. The molecule has 0 radical (unpaired) electrons. The van der Waals surface area contributed by atoms with Crippen LogP contribution in [-0.4, -0.2) is 15.9 Å². The summed E-state index contributed by atoms with van der Waals surface area (Å²) in [5.74, 6) is -0.987. The normalized spacial score (nSPS) is 10.4. The third-order valence-electron chi connectivity index (χ3n) is 1.71. The van der Waals surface area contributed by atoms with Crippen LogP contribution >= 0.6 is 12.2 Å². The Balaban J connectivity index is 2.80. The number of aliphatic carboxylic acids is 1. The number of carboxylic acid groups (broad SMARTS) is 1. The molecule has 1 aromatic carbocycles. The van der Waals surface area contributed by atoms with E-state index in [1.54, 1.807) is 0 Å². The van der Waals surface area contributed by atoms with Gasteiger partial charge in [-0.1, -0.05) is 42.0 Å². The van der Waals surface area contributed by atoms with Crippen LogP contribution in [0, 0.1) is 6.92 Å². The molecule has 0 aliphatic carbocycles. The molecule has 2 nitrogen and oxygen atoms in total. The zero-order valence-electron chi connectivity index (χ0n) is 7.73. The Morgan fingerprint density at radius 1 is 1.29 bits per heavy atom. The maximum absolute atomic E-state index is 10.2. The Kier molecular flexibility index (Phi) is 3.54. The van der Waals surface area contributed by atoms with E-state index >= 15 is 0 Å². The SMILES string of the molecule is Cc1ccc(C(=S)C=CC(=O)O)cc1. The molecule has 14 heavy (non-hydrogen) atoms. The van der Waals surface area contributed by atoms with Crippen LogP contribution in [0.1, 0.15) is 11.1 Å². The van der Waals surface area contributed by atoms with Crippen LogP contribution in [0.4, 0.5) is 0 Å². The molecule has 0 spiro atoms. The van der Waals surface area contributed by atoms with Crippen molar-refractivity contribution in [3.8, 4) is 0 Å². The molecule has 0 saturated heterocycles. The van der Waals surface area contributed by atoms with Crippen molar-refractivity contribution < 1.29 is 9.90 Å². The van der Waals surface area contributed by atoms with Crippen molar-refractivity contribution in [1.82, 2.24) is 0 Å². The number of allylic oxidation sites excluding steroid dienone is 1. The maximum Gasteiger partial charge on any atom is 0.328 e. The molecule has 0 fully saturated rings. The quantitative estimate of drug-likeness (QED) is 0.468. The molecule has 1 rings (SSSR count). The van der Waals surface area contributed by atoms with Gasteiger partial charge in [-0.25, -0.2) is 4.79 Å². The Morgan fingerprint density at radius 3 is 2.36 bits per heavy atom. The monoisotopic (exact) mass is 206 g/mol. The van der Waals surface area contributed by atoms with Gasteiger partial charge in [-0.2, -0.15) is 0 Å². The van der Waals surface area contributed by atoms with Gasteiger partial charge in [-0.05, 0) is 18.6 Å². The van der Waals surface area contributed by atoms with Crippen molar-refractivity contribution in [2.24, 2.45) is 0 Å². The summed E-state index contributed by atoms with van der Waals surface area (Å²) in [6.07, 6.45) is 2.46. The van der Waals surface area contributed by atoms with Crippen LogP contribution in [0.2, 0.25) is 0 Å². The lowest BCUT2D eigenvalue weighted by molar-refractivity contribution is -0.131. The van der Waals surface area contributed by atoms with Crippen molar-refractivity contribution in [3.63, 3.8) is 0 Å². The molecule has 0 aliphatic rings. The first-order valence-electron chi connectivity index (χ1n) is 4.11. The second-order valence-electron chi connectivity index (χ2n) is 2.90. The molecule has 0 saturated carbocycles. The van der Waals surface area contributed by atoms with Gasteiger partial charge in [0.25, 0.3) is 0 Å². The summed E-state index contributed by atoms with van der Waals surface area (Å²) in [7, 11) is 0. The van der Waals surface area contributed by atoms with Crippen LogP contribution < -0.4 is 0 Å². The highest BCUT2D eigenvalue weighted by atomic mass is 32.1. The van der Waals surface area contributed by atoms with Crippen molar-refractivity contribution in [2.75, 3.05) is 0 Å². The molecule has 0 heterocycles. The summed E-state index contributed by atoms with van der Waals surface area (Å²) < 4.78 is 0. The second-order valence-corrected chi connectivity index (χ2v) is 3.34. The number of carbonyl (C=O) groups is 1. The lowest BCUT2D eigenvalue weighted by Crippen LogP contribution is -1.95. The summed E-state index contributed by atoms with van der Waals surface area (Å²) in [5.41, 5.74) is 2.02. The fourth-order valence-corrected chi connectivity index (χ4v) is 1.17. The minimum atomic E-state index is -0.987. The molecule has 72 valence electrons. The maximum atomic E-state index is 10.2. The van der Waals surface area contributed by atoms with E-state index < -0.39 is 5.97 Å². The van der Waals surface area contributed by atoms with Crippen molar-refractivity contribution in [2.45, 2.75) is 6.92 Å². The zero-order valence-corrected chi connectivity index (χ0v) is 8.54. The zero-order chi connectivity index (χ0) is 10.6. The van der Waals surface area contributed by atoms with E-state index in [9.17, 15) is 4.79 Å². The minimum absolute atomic E-state index is 0.535. The highest BCUT2D eigenvalue weighted by Gasteiger charge is 1.96. The predicted octanol–water partition coefficient (Wildman–Crippen LogP) is 2.35. The molecular weight excluding hydrogens is 196 g/mol. The van der Waals surface area contributed by atoms with Crippen LogP contribution in [0.15, 0.2) is 36.4 Å². The Bertz CT molecular complexity index is 377. The van der Waals surface area contributed by atoms with Gasteiger partial charge in [0.05, 0.1) is 0 Å². The average Bonchev–Trinajstić information content (AvgIpc) is 2.15. The Hall–Kier alpha value is -1.48. The predicted molar refractivity (Wildman–Crippen MR) is 59.7 cm³/mol. The van der Waals surface area contributed by atoms with E-state index in [-0.39, 0.29) is 0 Å². The van der Waals surface area contributed by atoms with Gasteiger partial charge in [-0.3, -0.25) is 0 Å². The van der Waals surface area contributed by atoms with Crippen molar-refractivity contribution >= 4 is 23.1 Å². The summed E-state index contributed by atoms with van der Waals surface area (Å²) in [6.45, 7) is 1.99. The van der Waals surface area contributed by atoms with Crippen LogP contribution in [0.3, 0.4) is 0 Å². The molecule has 3 heteroatoms. The van der Waals surface area contributed by atoms with E-state index in [0.29, 0.717) is 4.86 Å². The summed E-state index contributed by atoms with van der Waals surface area (Å²) in [4.78, 5) is 10.8. The smallest absolute Gasteiger partial charge is 0.328 e. The molecule has 0 amide bonds. The van der Waals surface area contributed by atoms with E-state index in [1.807, 2.05) is 31.2 Å². The molecule has 0 unspecified atom stereocenters. The van der Waals surface area contributed by atoms with Crippen LogP contribution in [0.5, 0.6) is 0 Å². The van der Waals surface area contributed by atoms with Crippen LogP contribution in [0.25, 0.3) is 0 Å². The fourth-order valence-electron chi connectivity index (χ4n) is 0.961. The Morgan fingerprint density at radius 2 is 1.86 bits per heavy atom. The van der Waals surface area contributed by atoms with Gasteiger partial charge >= 0.3 is 5.97 Å². The van der Waals surface area contributed by atoms with E-state index in [1.165, 1.54) is 6.08 Å². The third kappa shape index (κ3) is 3.11. The summed E-state index contributed by atoms with van der Waals surface area (Å²) >= 11 is 5.03. The number of carboxylic acids is 1. The number of hydrogen-bond acceptors (Lipinski definition) is 2. The highest BCUT2D eigenvalue weighted by molar-refractivity contribution is 7.81. The molecule has 1 N–H and O–H groups in total. The van der Waals surface area contributed by atoms with E-state index in [2.05, 4.69) is 0 Å². The first-order chi connectivity index (χ1) is 6.59. The van der Waals surface area contributed by atoms with E-state index in [4.69, 9.17) is 17.3 Å². The highest BCUT2D eigenvalue weighted by Crippen LogP contribution is 2.05. The molecule has 0 bridgehead atoms. The Labute approximate surface area is 87.9 Å². The standard InChI is InChI=1S/C11H10O2S/c1-8-2-4-9(5-3-8)10(14)6-7-11(12)13/h2-7H,1H3,(H,12,13). The number of benzene rings is 1. The molecule has 1 aromatic rings. The lowest BCUT2D eigenvalue weighted by Gasteiger charge is -1.98. The van der Waals surface area contributed by atoms with Crippen LogP contribution in [-0.2, 0) is 4.79 Å². The van der Waals surface area contributed by atoms with Crippen molar-refractivity contribution in [3.05, 3.63) is 47.5 Å². The molecule has 0 aromatic heterocycles.